The second kappa shape index (κ2) is 11.1. The Hall–Kier alpha value is -3.43. The van der Waals surface area contributed by atoms with E-state index in [1.54, 1.807) is 6.92 Å². The van der Waals surface area contributed by atoms with Crippen LogP contribution in [-0.2, 0) is 14.2 Å². The third kappa shape index (κ3) is 6.80. The first kappa shape index (κ1) is 22.3. The van der Waals surface area contributed by atoms with Gasteiger partial charge in [0.25, 0.3) is 0 Å². The standard InChI is InChI=1S/C25H27NO5/c1-4-28-25(27)29-18-24-23(31-22-12-8-11-20(17-22)26(2)3)16-15-21(30-24)14-13-19-9-6-5-7-10-19/h5-12,15-17,21,23-24H,4,18H2,1-3H3/t21-,23+,24-/m1/s1. The van der Waals surface area contributed by atoms with Crippen molar-refractivity contribution in [3.63, 3.8) is 0 Å². The number of anilines is 1. The van der Waals surface area contributed by atoms with Gasteiger partial charge in [0.2, 0.25) is 0 Å². The van der Waals surface area contributed by atoms with Crippen molar-refractivity contribution in [2.24, 2.45) is 0 Å². The molecule has 162 valence electrons. The first-order valence-electron chi connectivity index (χ1n) is 10.2. The van der Waals surface area contributed by atoms with Gasteiger partial charge in [0.15, 0.2) is 0 Å². The van der Waals surface area contributed by atoms with Crippen molar-refractivity contribution in [3.05, 3.63) is 72.3 Å². The summed E-state index contributed by atoms with van der Waals surface area (Å²) in [4.78, 5) is 13.7. The molecule has 1 heterocycles. The molecule has 0 amide bonds. The van der Waals surface area contributed by atoms with E-state index in [4.69, 9.17) is 18.9 Å². The van der Waals surface area contributed by atoms with Gasteiger partial charge in [-0.25, -0.2) is 4.79 Å². The molecule has 0 aliphatic carbocycles. The van der Waals surface area contributed by atoms with Gasteiger partial charge in [-0.15, -0.1) is 0 Å². The van der Waals surface area contributed by atoms with Gasteiger partial charge in [-0.3, -0.25) is 0 Å². The molecule has 0 radical (unpaired) electrons. The molecular weight excluding hydrogens is 394 g/mol. The SMILES string of the molecule is CCOC(=O)OC[C@H]1O[C@H](C#Cc2ccccc2)C=C[C@@H]1Oc1cccc(N(C)C)c1. The van der Waals surface area contributed by atoms with Crippen molar-refractivity contribution in [2.45, 2.75) is 25.2 Å². The normalized spacial score (nSPS) is 19.6. The molecule has 6 heteroatoms. The van der Waals surface area contributed by atoms with Crippen LogP contribution in [0, 0.1) is 11.8 Å². The second-order valence-electron chi connectivity index (χ2n) is 7.08. The van der Waals surface area contributed by atoms with Crippen LogP contribution in [0.15, 0.2) is 66.7 Å². The highest BCUT2D eigenvalue weighted by atomic mass is 16.7. The van der Waals surface area contributed by atoms with Crippen LogP contribution in [0.1, 0.15) is 12.5 Å². The number of hydrogen-bond acceptors (Lipinski definition) is 6. The molecule has 0 N–H and O–H groups in total. The monoisotopic (exact) mass is 421 g/mol. The van der Waals surface area contributed by atoms with E-state index in [2.05, 4.69) is 11.8 Å². The third-order valence-electron chi connectivity index (χ3n) is 4.53. The molecule has 2 aromatic rings. The summed E-state index contributed by atoms with van der Waals surface area (Å²) in [6.45, 7) is 1.96. The van der Waals surface area contributed by atoms with E-state index in [0.29, 0.717) is 5.75 Å². The van der Waals surface area contributed by atoms with Crippen molar-refractivity contribution in [1.29, 1.82) is 0 Å². The molecule has 0 saturated heterocycles. The fourth-order valence-electron chi connectivity index (χ4n) is 2.95. The summed E-state index contributed by atoms with van der Waals surface area (Å²) in [5.41, 5.74) is 1.92. The van der Waals surface area contributed by atoms with E-state index in [1.807, 2.05) is 85.7 Å². The van der Waals surface area contributed by atoms with Crippen LogP contribution in [0.4, 0.5) is 10.5 Å². The lowest BCUT2D eigenvalue weighted by molar-refractivity contribution is -0.0666. The number of ether oxygens (including phenoxy) is 4. The smallest absolute Gasteiger partial charge is 0.483 e. The Balaban J connectivity index is 1.74. The zero-order chi connectivity index (χ0) is 22.1. The van der Waals surface area contributed by atoms with Gasteiger partial charge >= 0.3 is 6.16 Å². The topological polar surface area (TPSA) is 57.2 Å². The van der Waals surface area contributed by atoms with Gasteiger partial charge in [0.05, 0.1) is 6.61 Å². The lowest BCUT2D eigenvalue weighted by Gasteiger charge is -2.30. The number of nitrogens with zero attached hydrogens (tertiary/aromatic N) is 1. The number of carbonyl (C=O) groups is 1. The number of hydrogen-bond donors (Lipinski definition) is 0. The fraction of sp³-hybridized carbons (Fsp3) is 0.320. The van der Waals surface area contributed by atoms with Gasteiger partial charge in [-0.1, -0.05) is 36.1 Å². The average Bonchev–Trinajstić information content (AvgIpc) is 2.78. The molecule has 0 fully saturated rings. The summed E-state index contributed by atoms with van der Waals surface area (Å²) in [7, 11) is 3.93. The van der Waals surface area contributed by atoms with E-state index in [1.165, 1.54) is 0 Å². The molecule has 0 unspecified atom stereocenters. The molecule has 3 rings (SSSR count). The molecule has 0 spiro atoms. The number of rotatable bonds is 6. The van der Waals surface area contributed by atoms with Crippen molar-refractivity contribution in [1.82, 2.24) is 0 Å². The van der Waals surface area contributed by atoms with Gasteiger partial charge in [0.1, 0.15) is 30.7 Å². The molecule has 1 aliphatic rings. The highest BCUT2D eigenvalue weighted by Crippen LogP contribution is 2.24. The summed E-state index contributed by atoms with van der Waals surface area (Å²) in [6, 6.07) is 17.4. The van der Waals surface area contributed by atoms with E-state index >= 15 is 0 Å². The Kier molecular flexibility index (Phi) is 7.97. The van der Waals surface area contributed by atoms with Crippen LogP contribution in [0.2, 0.25) is 0 Å². The minimum Gasteiger partial charge on any atom is -0.483 e. The van der Waals surface area contributed by atoms with E-state index in [0.717, 1.165) is 11.3 Å². The zero-order valence-electron chi connectivity index (χ0n) is 18.0. The van der Waals surface area contributed by atoms with E-state index < -0.39 is 24.5 Å². The van der Waals surface area contributed by atoms with Crippen molar-refractivity contribution in [3.8, 4) is 17.6 Å². The molecule has 3 atom stereocenters. The molecule has 31 heavy (non-hydrogen) atoms. The molecule has 0 aromatic heterocycles. The summed E-state index contributed by atoms with van der Waals surface area (Å²) in [5.74, 6) is 6.89. The van der Waals surface area contributed by atoms with Gasteiger partial charge in [0, 0.05) is 31.4 Å². The van der Waals surface area contributed by atoms with Crippen molar-refractivity contribution < 1.29 is 23.7 Å². The molecule has 6 nitrogen and oxygen atoms in total. The summed E-state index contributed by atoms with van der Waals surface area (Å²) in [5, 5.41) is 0. The van der Waals surface area contributed by atoms with Crippen LogP contribution in [-0.4, -0.2) is 51.8 Å². The van der Waals surface area contributed by atoms with Gasteiger partial charge in [-0.05, 0) is 43.3 Å². The van der Waals surface area contributed by atoms with E-state index in [-0.39, 0.29) is 13.2 Å². The van der Waals surface area contributed by atoms with Crippen LogP contribution >= 0.6 is 0 Å². The predicted octanol–water partition coefficient (Wildman–Crippen LogP) is 4.05. The largest absolute Gasteiger partial charge is 0.508 e. The minimum atomic E-state index is -0.735. The Morgan fingerprint density at radius 1 is 1.06 bits per heavy atom. The highest BCUT2D eigenvalue weighted by Gasteiger charge is 2.30. The van der Waals surface area contributed by atoms with Gasteiger partial charge < -0.3 is 23.8 Å². The first-order valence-corrected chi connectivity index (χ1v) is 10.2. The summed E-state index contributed by atoms with van der Waals surface area (Å²) in [6.07, 6.45) is 1.60. The Morgan fingerprint density at radius 3 is 2.61 bits per heavy atom. The fourth-order valence-corrected chi connectivity index (χ4v) is 2.95. The zero-order valence-corrected chi connectivity index (χ0v) is 18.0. The third-order valence-corrected chi connectivity index (χ3v) is 4.53. The molecule has 1 aliphatic heterocycles. The maximum atomic E-state index is 11.7. The Bertz CT molecular complexity index is 945. The molecule has 2 aromatic carbocycles. The second-order valence-corrected chi connectivity index (χ2v) is 7.08. The van der Waals surface area contributed by atoms with Crippen LogP contribution in [0.5, 0.6) is 5.75 Å². The lowest BCUT2D eigenvalue weighted by atomic mass is 10.1. The number of carbonyl (C=O) groups excluding carboxylic acids is 1. The van der Waals surface area contributed by atoms with E-state index in [9.17, 15) is 4.79 Å². The average molecular weight is 421 g/mol. The van der Waals surface area contributed by atoms with Gasteiger partial charge in [-0.2, -0.15) is 0 Å². The quantitative estimate of drug-likeness (QED) is 0.399. The predicted molar refractivity (Wildman–Crippen MR) is 119 cm³/mol. The van der Waals surface area contributed by atoms with Crippen LogP contribution < -0.4 is 9.64 Å². The maximum absolute atomic E-state index is 11.7. The van der Waals surface area contributed by atoms with Crippen LogP contribution in [0.3, 0.4) is 0 Å². The maximum Gasteiger partial charge on any atom is 0.508 e. The first-order chi connectivity index (χ1) is 15.0. The van der Waals surface area contributed by atoms with Crippen LogP contribution in [0.25, 0.3) is 0 Å². The summed E-state index contributed by atoms with van der Waals surface area (Å²) < 4.78 is 22.3. The Labute approximate surface area is 183 Å². The Morgan fingerprint density at radius 2 is 1.87 bits per heavy atom. The molecule has 0 bridgehead atoms. The molecular formula is C25H27NO5. The lowest BCUT2D eigenvalue weighted by Crippen LogP contribution is -2.42. The van der Waals surface area contributed by atoms with Crippen molar-refractivity contribution >= 4 is 11.8 Å². The number of benzene rings is 2. The summed E-state index contributed by atoms with van der Waals surface area (Å²) >= 11 is 0. The minimum absolute atomic E-state index is 0.00920. The van der Waals surface area contributed by atoms with Crippen molar-refractivity contribution in [2.75, 3.05) is 32.2 Å². The molecule has 0 saturated carbocycles. The highest BCUT2D eigenvalue weighted by molar-refractivity contribution is 5.59.